The number of benzene rings is 2. The smallest absolute Gasteiger partial charge is 0.185 e. The van der Waals surface area contributed by atoms with Crippen molar-refractivity contribution in [2.45, 2.75) is 13.0 Å². The fourth-order valence-corrected chi connectivity index (χ4v) is 2.36. The summed E-state index contributed by atoms with van der Waals surface area (Å²) in [6.45, 7) is 2.24. The number of ether oxygens (including phenoxy) is 1. The Bertz CT molecular complexity index is 577. The molecule has 0 saturated heterocycles. The van der Waals surface area contributed by atoms with Crippen LogP contribution in [-0.4, -0.2) is 25.4 Å². The molecule has 0 aromatic heterocycles. The Morgan fingerprint density at radius 1 is 1.04 bits per heavy atom. The van der Waals surface area contributed by atoms with Gasteiger partial charge in [-0.05, 0) is 36.3 Å². The van der Waals surface area contributed by atoms with Crippen LogP contribution in [0, 0.1) is 0 Å². The Morgan fingerprint density at radius 2 is 1.70 bits per heavy atom. The van der Waals surface area contributed by atoms with Gasteiger partial charge in [-0.3, -0.25) is 10.4 Å². The van der Waals surface area contributed by atoms with Crippen LogP contribution in [0.4, 0.5) is 5.69 Å². The van der Waals surface area contributed by atoms with Crippen LogP contribution in [0.5, 0.6) is 0 Å². The van der Waals surface area contributed by atoms with Crippen molar-refractivity contribution >= 4 is 23.0 Å². The molecular formula is C18H23N3OS. The van der Waals surface area contributed by atoms with Gasteiger partial charge in [-0.15, -0.1) is 0 Å². The third-order valence-corrected chi connectivity index (χ3v) is 3.53. The standard InChI is InChI=1S/C18H23N3OS/c1-22-14-8-13-19-18(23)20-21(17-11-6-3-7-12-17)15-16-9-4-2-5-10-16/h2-7,9-12H,8,13-15H2,1H3,(H2,19,20,23). The van der Waals surface area contributed by atoms with Crippen LogP contribution in [-0.2, 0) is 11.3 Å². The lowest BCUT2D eigenvalue weighted by atomic mass is 10.2. The van der Waals surface area contributed by atoms with Gasteiger partial charge in [-0.25, -0.2) is 0 Å². The third kappa shape index (κ3) is 6.26. The van der Waals surface area contributed by atoms with E-state index in [4.69, 9.17) is 17.0 Å². The number of para-hydroxylation sites is 1. The summed E-state index contributed by atoms with van der Waals surface area (Å²) in [6.07, 6.45) is 0.919. The number of hydrogen-bond acceptors (Lipinski definition) is 3. The monoisotopic (exact) mass is 329 g/mol. The Kier molecular flexibility index (Phi) is 7.36. The summed E-state index contributed by atoms with van der Waals surface area (Å²) in [5.74, 6) is 0. The fourth-order valence-electron chi connectivity index (χ4n) is 2.15. The zero-order valence-electron chi connectivity index (χ0n) is 13.4. The summed E-state index contributed by atoms with van der Waals surface area (Å²) in [5.41, 5.74) is 5.55. The van der Waals surface area contributed by atoms with Gasteiger partial charge in [0.05, 0.1) is 12.2 Å². The number of nitrogens with zero attached hydrogens (tertiary/aromatic N) is 1. The highest BCUT2D eigenvalue weighted by molar-refractivity contribution is 7.80. The summed E-state index contributed by atoms with van der Waals surface area (Å²) < 4.78 is 5.04. The van der Waals surface area contributed by atoms with E-state index in [0.717, 1.165) is 31.8 Å². The second kappa shape index (κ2) is 9.82. The molecule has 2 aromatic carbocycles. The summed E-state index contributed by atoms with van der Waals surface area (Å²) in [4.78, 5) is 0. The molecule has 0 fully saturated rings. The lowest BCUT2D eigenvalue weighted by Crippen LogP contribution is -2.47. The molecule has 0 saturated carbocycles. The lowest BCUT2D eigenvalue weighted by Gasteiger charge is -2.27. The first-order chi connectivity index (χ1) is 11.3. The minimum Gasteiger partial charge on any atom is -0.385 e. The summed E-state index contributed by atoms with van der Waals surface area (Å²) >= 11 is 5.39. The Morgan fingerprint density at radius 3 is 2.35 bits per heavy atom. The van der Waals surface area contributed by atoms with Crippen LogP contribution in [0.25, 0.3) is 0 Å². The van der Waals surface area contributed by atoms with Gasteiger partial charge in [-0.1, -0.05) is 48.5 Å². The molecule has 0 aliphatic heterocycles. The van der Waals surface area contributed by atoms with Crippen LogP contribution in [0.15, 0.2) is 60.7 Å². The van der Waals surface area contributed by atoms with E-state index >= 15 is 0 Å². The number of anilines is 1. The van der Waals surface area contributed by atoms with E-state index in [1.54, 1.807) is 7.11 Å². The lowest BCUT2D eigenvalue weighted by molar-refractivity contribution is 0.195. The number of hydrazine groups is 1. The van der Waals surface area contributed by atoms with Crippen LogP contribution in [0.1, 0.15) is 12.0 Å². The van der Waals surface area contributed by atoms with Crippen molar-refractivity contribution in [3.8, 4) is 0 Å². The molecule has 0 heterocycles. The maximum absolute atomic E-state index is 5.39. The molecule has 2 rings (SSSR count). The molecule has 0 unspecified atom stereocenters. The zero-order chi connectivity index (χ0) is 16.3. The van der Waals surface area contributed by atoms with Crippen LogP contribution in [0.3, 0.4) is 0 Å². The van der Waals surface area contributed by atoms with E-state index in [1.807, 2.05) is 41.4 Å². The second-order valence-corrected chi connectivity index (χ2v) is 5.53. The molecule has 0 bridgehead atoms. The highest BCUT2D eigenvalue weighted by Crippen LogP contribution is 2.14. The Hall–Kier alpha value is -2.11. The van der Waals surface area contributed by atoms with Crippen molar-refractivity contribution in [3.63, 3.8) is 0 Å². The van der Waals surface area contributed by atoms with Gasteiger partial charge in [-0.2, -0.15) is 0 Å². The van der Waals surface area contributed by atoms with Crippen molar-refractivity contribution in [2.24, 2.45) is 0 Å². The van der Waals surface area contributed by atoms with Crippen LogP contribution < -0.4 is 15.8 Å². The van der Waals surface area contributed by atoms with Gasteiger partial charge >= 0.3 is 0 Å². The van der Waals surface area contributed by atoms with Crippen LogP contribution >= 0.6 is 12.2 Å². The number of thiocarbonyl (C=S) groups is 1. The van der Waals surface area contributed by atoms with E-state index in [2.05, 4.69) is 35.0 Å². The highest BCUT2D eigenvalue weighted by atomic mass is 32.1. The molecule has 0 radical (unpaired) electrons. The summed E-state index contributed by atoms with van der Waals surface area (Å²) in [5, 5.41) is 5.86. The average molecular weight is 329 g/mol. The quantitative estimate of drug-likeness (QED) is 0.442. The third-order valence-electron chi connectivity index (χ3n) is 3.30. The predicted molar refractivity (Wildman–Crippen MR) is 99.3 cm³/mol. The van der Waals surface area contributed by atoms with Crippen molar-refractivity contribution < 1.29 is 4.74 Å². The molecule has 0 aliphatic rings. The summed E-state index contributed by atoms with van der Waals surface area (Å²) in [6, 6.07) is 20.5. The van der Waals surface area contributed by atoms with Crippen LogP contribution in [0.2, 0.25) is 0 Å². The molecule has 0 aliphatic carbocycles. The van der Waals surface area contributed by atoms with Gasteiger partial charge in [0.15, 0.2) is 5.11 Å². The first-order valence-electron chi connectivity index (χ1n) is 7.69. The van der Waals surface area contributed by atoms with E-state index < -0.39 is 0 Å². The number of hydrogen-bond donors (Lipinski definition) is 2. The van der Waals surface area contributed by atoms with E-state index in [0.29, 0.717) is 5.11 Å². The molecule has 23 heavy (non-hydrogen) atoms. The maximum atomic E-state index is 5.39. The van der Waals surface area contributed by atoms with Crippen molar-refractivity contribution in [1.29, 1.82) is 0 Å². The van der Waals surface area contributed by atoms with Gasteiger partial charge in [0, 0.05) is 20.3 Å². The topological polar surface area (TPSA) is 36.5 Å². The largest absolute Gasteiger partial charge is 0.385 e. The molecule has 0 spiro atoms. The minimum atomic E-state index is 0.612. The molecule has 4 nitrogen and oxygen atoms in total. The van der Waals surface area contributed by atoms with E-state index in [-0.39, 0.29) is 0 Å². The van der Waals surface area contributed by atoms with Crippen molar-refractivity contribution in [1.82, 2.24) is 10.7 Å². The van der Waals surface area contributed by atoms with Gasteiger partial charge in [0.25, 0.3) is 0 Å². The second-order valence-electron chi connectivity index (χ2n) is 5.12. The first-order valence-corrected chi connectivity index (χ1v) is 8.10. The van der Waals surface area contributed by atoms with Gasteiger partial charge < -0.3 is 10.1 Å². The van der Waals surface area contributed by atoms with Crippen molar-refractivity contribution in [3.05, 3.63) is 66.2 Å². The number of nitrogens with one attached hydrogen (secondary N) is 2. The minimum absolute atomic E-state index is 0.612. The SMILES string of the molecule is COCCCNC(=S)NN(Cc1ccccc1)c1ccccc1. The molecule has 5 heteroatoms. The molecule has 0 atom stereocenters. The fraction of sp³-hybridized carbons (Fsp3) is 0.278. The molecule has 2 N–H and O–H groups in total. The Labute approximate surface area is 143 Å². The van der Waals surface area contributed by atoms with E-state index in [1.165, 1.54) is 5.56 Å². The first kappa shape index (κ1) is 17.2. The molecule has 0 amide bonds. The molecule has 122 valence electrons. The zero-order valence-corrected chi connectivity index (χ0v) is 14.2. The number of methoxy groups -OCH3 is 1. The highest BCUT2D eigenvalue weighted by Gasteiger charge is 2.08. The van der Waals surface area contributed by atoms with Crippen molar-refractivity contribution in [2.75, 3.05) is 25.3 Å². The predicted octanol–water partition coefficient (Wildman–Crippen LogP) is 3.11. The van der Waals surface area contributed by atoms with Gasteiger partial charge in [0.1, 0.15) is 0 Å². The number of rotatable bonds is 8. The molecule has 2 aromatic rings. The van der Waals surface area contributed by atoms with Gasteiger partial charge in [0.2, 0.25) is 0 Å². The maximum Gasteiger partial charge on any atom is 0.185 e. The Balaban J connectivity index is 1.98. The van der Waals surface area contributed by atoms with E-state index in [9.17, 15) is 0 Å². The molecular weight excluding hydrogens is 306 g/mol. The normalized spacial score (nSPS) is 10.1. The summed E-state index contributed by atoms with van der Waals surface area (Å²) in [7, 11) is 1.70. The average Bonchev–Trinajstić information content (AvgIpc) is 2.60.